The van der Waals surface area contributed by atoms with Gasteiger partial charge in [-0.1, -0.05) is 28.1 Å². The van der Waals surface area contributed by atoms with Crippen LogP contribution in [0.25, 0.3) is 0 Å². The highest BCUT2D eigenvalue weighted by Crippen LogP contribution is 2.21. The predicted octanol–water partition coefficient (Wildman–Crippen LogP) is 2.71. The summed E-state index contributed by atoms with van der Waals surface area (Å²) in [6.45, 7) is 1.90. The van der Waals surface area contributed by atoms with Crippen molar-refractivity contribution >= 4 is 21.9 Å². The van der Waals surface area contributed by atoms with Crippen molar-refractivity contribution in [1.82, 2.24) is 0 Å². The minimum atomic E-state index is -0.249. The van der Waals surface area contributed by atoms with Crippen LogP contribution in [-0.4, -0.2) is 13.1 Å². The number of hydrogen-bond donors (Lipinski definition) is 0. The van der Waals surface area contributed by atoms with Crippen LogP contribution in [0.3, 0.4) is 0 Å². The van der Waals surface area contributed by atoms with Gasteiger partial charge in [-0.3, -0.25) is 0 Å². The Labute approximate surface area is 86.1 Å². The lowest BCUT2D eigenvalue weighted by molar-refractivity contribution is -0.136. The Morgan fingerprint density at radius 1 is 1.62 bits per heavy atom. The lowest BCUT2D eigenvalue weighted by atomic mass is 10.1. The van der Waals surface area contributed by atoms with E-state index >= 15 is 0 Å². The molecule has 0 aliphatic heterocycles. The molecule has 3 heteroatoms. The van der Waals surface area contributed by atoms with E-state index in [9.17, 15) is 4.79 Å². The third-order valence-electron chi connectivity index (χ3n) is 1.86. The van der Waals surface area contributed by atoms with Gasteiger partial charge in [-0.15, -0.1) is 0 Å². The molecule has 0 aromatic rings. The fourth-order valence-electron chi connectivity index (χ4n) is 1.16. The predicted molar refractivity (Wildman–Crippen MR) is 55.5 cm³/mol. The number of rotatable bonds is 1. The summed E-state index contributed by atoms with van der Waals surface area (Å²) in [6.07, 6.45) is 6.41. The van der Waals surface area contributed by atoms with Crippen molar-refractivity contribution in [2.75, 3.05) is 7.11 Å². The molecule has 0 heterocycles. The summed E-state index contributed by atoms with van der Waals surface area (Å²) in [7, 11) is 1.40. The van der Waals surface area contributed by atoms with E-state index in [1.807, 2.05) is 25.2 Å². The normalized spacial score (nSPS) is 16.7. The first-order valence-corrected chi connectivity index (χ1v) is 4.76. The number of carbonyl (C=O) groups is 1. The second-order valence-corrected chi connectivity index (χ2v) is 3.70. The molecule has 0 atom stereocenters. The molecular formula is C10H11BrO2. The molecule has 0 fully saturated rings. The van der Waals surface area contributed by atoms with E-state index in [1.54, 1.807) is 0 Å². The average molecular weight is 243 g/mol. The largest absolute Gasteiger partial charge is 0.466 e. The second-order valence-electron chi connectivity index (χ2n) is 2.79. The number of allylic oxidation sites excluding steroid dienone is 5. The molecule has 0 aromatic heterocycles. The van der Waals surface area contributed by atoms with E-state index in [2.05, 4.69) is 20.7 Å². The Kier molecular flexibility index (Phi) is 3.48. The highest BCUT2D eigenvalue weighted by atomic mass is 79.9. The number of carbonyl (C=O) groups excluding carboxylic acids is 1. The van der Waals surface area contributed by atoms with E-state index in [1.165, 1.54) is 7.11 Å². The van der Waals surface area contributed by atoms with Crippen LogP contribution in [0.2, 0.25) is 0 Å². The van der Waals surface area contributed by atoms with Crippen LogP contribution in [0, 0.1) is 0 Å². The van der Waals surface area contributed by atoms with Crippen LogP contribution in [0.4, 0.5) is 0 Å². The first kappa shape index (κ1) is 10.3. The molecule has 13 heavy (non-hydrogen) atoms. The highest BCUT2D eigenvalue weighted by molar-refractivity contribution is 9.11. The summed E-state index contributed by atoms with van der Waals surface area (Å²) in [5.41, 5.74) is 1.66. The molecule has 1 aliphatic rings. The third kappa shape index (κ3) is 2.56. The Morgan fingerprint density at radius 3 is 2.92 bits per heavy atom. The van der Waals surface area contributed by atoms with Gasteiger partial charge in [0.2, 0.25) is 0 Å². The lowest BCUT2D eigenvalue weighted by Gasteiger charge is -2.03. The standard InChI is InChI=1S/C10H11BrO2/c1-7-6-8(11)4-3-5-9(7)10(12)13-2/h3-4,6H,5H2,1-2H3. The molecule has 0 saturated carbocycles. The van der Waals surface area contributed by atoms with Gasteiger partial charge in [0, 0.05) is 10.1 Å². The van der Waals surface area contributed by atoms with Crippen molar-refractivity contribution in [3.8, 4) is 0 Å². The van der Waals surface area contributed by atoms with Crippen LogP contribution < -0.4 is 0 Å². The molecule has 1 rings (SSSR count). The topological polar surface area (TPSA) is 26.3 Å². The second kappa shape index (κ2) is 4.42. The van der Waals surface area contributed by atoms with Gasteiger partial charge in [0.15, 0.2) is 0 Å². The van der Waals surface area contributed by atoms with Gasteiger partial charge in [-0.2, -0.15) is 0 Å². The molecule has 0 amide bonds. The van der Waals surface area contributed by atoms with Crippen LogP contribution in [0.1, 0.15) is 13.3 Å². The van der Waals surface area contributed by atoms with E-state index < -0.39 is 0 Å². The number of methoxy groups -OCH3 is 1. The fourth-order valence-corrected chi connectivity index (χ4v) is 1.69. The third-order valence-corrected chi connectivity index (χ3v) is 2.35. The van der Waals surface area contributed by atoms with Gasteiger partial charge >= 0.3 is 5.97 Å². The van der Waals surface area contributed by atoms with Gasteiger partial charge in [0.1, 0.15) is 0 Å². The van der Waals surface area contributed by atoms with Crippen molar-refractivity contribution < 1.29 is 9.53 Å². The van der Waals surface area contributed by atoms with Crippen LogP contribution >= 0.6 is 15.9 Å². The van der Waals surface area contributed by atoms with Crippen molar-refractivity contribution in [2.45, 2.75) is 13.3 Å². The van der Waals surface area contributed by atoms with E-state index in [0.29, 0.717) is 12.0 Å². The maximum Gasteiger partial charge on any atom is 0.334 e. The van der Waals surface area contributed by atoms with E-state index in [0.717, 1.165) is 10.1 Å². The summed E-state index contributed by atoms with van der Waals surface area (Å²) < 4.78 is 5.65. The molecule has 70 valence electrons. The van der Waals surface area contributed by atoms with E-state index in [-0.39, 0.29) is 5.97 Å². The molecule has 0 unspecified atom stereocenters. The first-order valence-electron chi connectivity index (χ1n) is 3.97. The van der Waals surface area contributed by atoms with Gasteiger partial charge in [0.25, 0.3) is 0 Å². The molecular weight excluding hydrogens is 232 g/mol. The fraction of sp³-hybridized carbons (Fsp3) is 0.300. The highest BCUT2D eigenvalue weighted by Gasteiger charge is 2.12. The van der Waals surface area contributed by atoms with Gasteiger partial charge in [-0.25, -0.2) is 4.79 Å². The van der Waals surface area contributed by atoms with Crippen molar-refractivity contribution in [2.24, 2.45) is 0 Å². The number of halogens is 1. The Bertz CT molecular complexity index is 311. The molecule has 0 N–H and O–H groups in total. The maximum atomic E-state index is 11.3. The smallest absolute Gasteiger partial charge is 0.334 e. The maximum absolute atomic E-state index is 11.3. The molecule has 2 nitrogen and oxygen atoms in total. The molecule has 0 radical (unpaired) electrons. The lowest BCUT2D eigenvalue weighted by Crippen LogP contribution is -2.05. The summed E-state index contributed by atoms with van der Waals surface area (Å²) in [6, 6.07) is 0. The molecule has 0 aromatic carbocycles. The Hall–Kier alpha value is -0.830. The van der Waals surface area contributed by atoms with Crippen LogP contribution in [-0.2, 0) is 9.53 Å². The quantitative estimate of drug-likeness (QED) is 0.662. The van der Waals surface area contributed by atoms with Crippen molar-refractivity contribution in [3.05, 3.63) is 33.9 Å². The van der Waals surface area contributed by atoms with Gasteiger partial charge in [0.05, 0.1) is 7.11 Å². The molecule has 0 bridgehead atoms. The monoisotopic (exact) mass is 242 g/mol. The van der Waals surface area contributed by atoms with Gasteiger partial charge in [-0.05, 0) is 25.0 Å². The van der Waals surface area contributed by atoms with Gasteiger partial charge < -0.3 is 4.74 Å². The minimum absolute atomic E-state index is 0.249. The zero-order valence-electron chi connectivity index (χ0n) is 7.63. The molecule has 0 saturated heterocycles. The molecule has 1 aliphatic carbocycles. The average Bonchev–Trinajstić information content (AvgIpc) is 2.25. The number of esters is 1. The first-order chi connectivity index (χ1) is 6.15. The number of ether oxygens (including phenoxy) is 1. The summed E-state index contributed by atoms with van der Waals surface area (Å²) in [5.74, 6) is -0.249. The summed E-state index contributed by atoms with van der Waals surface area (Å²) in [4.78, 5) is 11.3. The number of hydrogen-bond acceptors (Lipinski definition) is 2. The zero-order valence-corrected chi connectivity index (χ0v) is 9.22. The molecule has 0 spiro atoms. The zero-order chi connectivity index (χ0) is 9.84. The Morgan fingerprint density at radius 2 is 2.31 bits per heavy atom. The summed E-state index contributed by atoms with van der Waals surface area (Å²) in [5, 5.41) is 0. The van der Waals surface area contributed by atoms with Crippen LogP contribution in [0.15, 0.2) is 33.9 Å². The van der Waals surface area contributed by atoms with Crippen LogP contribution in [0.5, 0.6) is 0 Å². The van der Waals surface area contributed by atoms with Crippen molar-refractivity contribution in [1.29, 1.82) is 0 Å². The minimum Gasteiger partial charge on any atom is -0.466 e. The summed E-state index contributed by atoms with van der Waals surface area (Å²) >= 11 is 3.37. The SMILES string of the molecule is COC(=O)C1=C(C)C=C(Br)C=CC1. The van der Waals surface area contributed by atoms with E-state index in [4.69, 9.17) is 0 Å². The Balaban J connectivity index is 3.02. The van der Waals surface area contributed by atoms with Crippen molar-refractivity contribution in [3.63, 3.8) is 0 Å².